The molecule has 1 spiro atoms. The number of anilines is 3. The molecule has 2 unspecified atom stereocenters. The number of aliphatic hydroxyl groups excluding tert-OH is 1. The highest BCUT2D eigenvalue weighted by atomic mass is 16.5. The summed E-state index contributed by atoms with van der Waals surface area (Å²) in [6, 6.07) is 25.0. The monoisotopic (exact) mass is 676 g/mol. The predicted octanol–water partition coefficient (Wildman–Crippen LogP) is 5.25. The Kier molecular flexibility index (Phi) is 10.6. The number of benzene rings is 3. The van der Waals surface area contributed by atoms with Crippen molar-refractivity contribution in [3.63, 3.8) is 0 Å². The Morgan fingerprint density at radius 1 is 0.880 bits per heavy atom. The van der Waals surface area contributed by atoms with Crippen LogP contribution in [0.4, 0.5) is 17.1 Å². The normalized spacial score (nSPS) is 24.1. The average Bonchev–Trinajstić information content (AvgIpc) is 3.80. The van der Waals surface area contributed by atoms with Crippen molar-refractivity contribution >= 4 is 34.8 Å². The summed E-state index contributed by atoms with van der Waals surface area (Å²) >= 11 is 0. The Balaban J connectivity index is 1.43. The molecule has 3 aliphatic heterocycles. The number of amides is 3. The lowest BCUT2D eigenvalue weighted by molar-refractivity contribution is -0.144. The second-order valence-corrected chi connectivity index (χ2v) is 13.3. The van der Waals surface area contributed by atoms with Gasteiger partial charge in [0.05, 0.1) is 30.6 Å². The number of carbonyl (C=O) groups is 3. The van der Waals surface area contributed by atoms with Gasteiger partial charge < -0.3 is 29.4 Å². The second-order valence-electron chi connectivity index (χ2n) is 13.3. The highest BCUT2D eigenvalue weighted by Gasteiger charge is 2.75. The Morgan fingerprint density at radius 2 is 1.44 bits per heavy atom. The van der Waals surface area contributed by atoms with E-state index in [1.807, 2.05) is 84.9 Å². The number of nitrogens with zero attached hydrogens (tertiary/aromatic N) is 4. The van der Waals surface area contributed by atoms with E-state index in [1.165, 1.54) is 0 Å². The van der Waals surface area contributed by atoms with Crippen LogP contribution >= 0.6 is 0 Å². The van der Waals surface area contributed by atoms with Gasteiger partial charge in [0, 0.05) is 43.2 Å². The van der Waals surface area contributed by atoms with E-state index in [1.54, 1.807) is 26.9 Å². The van der Waals surface area contributed by atoms with Crippen molar-refractivity contribution in [3.8, 4) is 0 Å². The zero-order valence-electron chi connectivity index (χ0n) is 29.1. The minimum Gasteiger partial charge on any atom is -0.394 e. The topological polar surface area (TPSA) is 93.6 Å². The van der Waals surface area contributed by atoms with Crippen LogP contribution in [0.15, 0.2) is 110 Å². The van der Waals surface area contributed by atoms with Gasteiger partial charge >= 0.3 is 0 Å². The first-order chi connectivity index (χ1) is 24.3. The number of carbonyl (C=O) groups excluding carboxylic acids is 3. The zero-order valence-corrected chi connectivity index (χ0v) is 29.1. The molecule has 0 aromatic heterocycles. The molecule has 0 saturated carbocycles. The molecule has 9 heteroatoms. The van der Waals surface area contributed by atoms with Gasteiger partial charge in [0.2, 0.25) is 11.8 Å². The summed E-state index contributed by atoms with van der Waals surface area (Å²) in [5.41, 5.74) is 2.11. The summed E-state index contributed by atoms with van der Waals surface area (Å²) in [5.74, 6) is -2.57. The van der Waals surface area contributed by atoms with Crippen LogP contribution in [-0.4, -0.2) is 84.3 Å². The van der Waals surface area contributed by atoms with Crippen molar-refractivity contribution in [2.45, 2.75) is 56.9 Å². The Hall–Kier alpha value is -4.73. The van der Waals surface area contributed by atoms with Gasteiger partial charge in [0.15, 0.2) is 0 Å². The summed E-state index contributed by atoms with van der Waals surface area (Å²) in [5, 5.41) is 10.9. The van der Waals surface area contributed by atoms with Gasteiger partial charge in [-0.25, -0.2) is 0 Å². The third-order valence-corrected chi connectivity index (χ3v) is 10.7. The number of ether oxygens (including phenoxy) is 1. The maximum atomic E-state index is 15.2. The van der Waals surface area contributed by atoms with Crippen molar-refractivity contribution < 1.29 is 24.2 Å². The highest BCUT2D eigenvalue weighted by molar-refractivity contribution is 6.06. The molecule has 3 amide bonds. The van der Waals surface area contributed by atoms with E-state index in [0.29, 0.717) is 30.6 Å². The quantitative estimate of drug-likeness (QED) is 0.221. The molecule has 6 rings (SSSR count). The third-order valence-electron chi connectivity index (χ3n) is 10.7. The number of hydrogen-bond acceptors (Lipinski definition) is 6. The van der Waals surface area contributed by atoms with Crippen molar-refractivity contribution in [3.05, 3.63) is 116 Å². The maximum absolute atomic E-state index is 15.2. The van der Waals surface area contributed by atoms with Gasteiger partial charge in [-0.2, -0.15) is 0 Å². The summed E-state index contributed by atoms with van der Waals surface area (Å²) in [7, 11) is 0. The lowest BCUT2D eigenvalue weighted by atomic mass is 9.70. The van der Waals surface area contributed by atoms with E-state index < -0.39 is 35.6 Å². The van der Waals surface area contributed by atoms with E-state index in [0.717, 1.165) is 24.3 Å². The van der Waals surface area contributed by atoms with E-state index >= 15 is 4.79 Å². The molecule has 2 bridgehead atoms. The van der Waals surface area contributed by atoms with Crippen LogP contribution in [0.5, 0.6) is 0 Å². The minimum atomic E-state index is -1.24. The summed E-state index contributed by atoms with van der Waals surface area (Å²) in [6.07, 6.45) is 4.15. The molecule has 3 aromatic rings. The van der Waals surface area contributed by atoms with Crippen LogP contribution in [0.25, 0.3) is 0 Å². The third kappa shape index (κ3) is 6.13. The lowest BCUT2D eigenvalue weighted by Crippen LogP contribution is -2.59. The standard InChI is InChI=1S/C41H48N4O5/c1-5-25-43(31-17-13-10-14-18-31)38(47)35-34-23-24-41(50-34)36(35)39(48)45(33(28-46)27-29-15-11-9-12-16-29)37(41)40(49)44(26-6-2)32-21-19-30(20-22-32)42(7-3)8-4/h5-6,9-22,33-37,46H,1-2,7-8,23-28H2,3-4H3/t33-,34+,35-,36+,37?,41?/m1/s1. The number of aliphatic hydroxyl groups is 1. The molecule has 0 aliphatic carbocycles. The van der Waals surface area contributed by atoms with Gasteiger partial charge in [-0.1, -0.05) is 60.7 Å². The molecule has 9 nitrogen and oxygen atoms in total. The van der Waals surface area contributed by atoms with E-state index in [4.69, 9.17) is 4.74 Å². The highest BCUT2D eigenvalue weighted by Crippen LogP contribution is 2.59. The molecule has 3 aromatic carbocycles. The lowest BCUT2D eigenvalue weighted by Gasteiger charge is -2.39. The molecule has 6 atom stereocenters. The first-order valence-corrected chi connectivity index (χ1v) is 17.7. The van der Waals surface area contributed by atoms with Crippen molar-refractivity contribution in [2.24, 2.45) is 11.8 Å². The first-order valence-electron chi connectivity index (χ1n) is 17.7. The minimum absolute atomic E-state index is 0.206. The average molecular weight is 677 g/mol. The van der Waals surface area contributed by atoms with Gasteiger partial charge in [-0.05, 0) is 75.1 Å². The van der Waals surface area contributed by atoms with Crippen molar-refractivity contribution in [2.75, 3.05) is 47.5 Å². The Morgan fingerprint density at radius 3 is 2.02 bits per heavy atom. The van der Waals surface area contributed by atoms with Crippen molar-refractivity contribution in [1.82, 2.24) is 4.90 Å². The number of likely N-dealkylation sites (tertiary alicyclic amines) is 1. The Labute approximate surface area is 295 Å². The van der Waals surface area contributed by atoms with Crippen LogP contribution in [0.2, 0.25) is 0 Å². The number of para-hydroxylation sites is 1. The predicted molar refractivity (Wildman–Crippen MR) is 197 cm³/mol. The van der Waals surface area contributed by atoms with Crippen LogP contribution in [0.1, 0.15) is 32.3 Å². The summed E-state index contributed by atoms with van der Waals surface area (Å²) in [6.45, 7) is 13.8. The molecular formula is C41H48N4O5. The molecular weight excluding hydrogens is 628 g/mol. The fraction of sp³-hybridized carbons (Fsp3) is 0.390. The molecule has 3 aliphatic rings. The molecule has 0 radical (unpaired) electrons. The van der Waals surface area contributed by atoms with Gasteiger partial charge in [0.25, 0.3) is 5.91 Å². The number of fused-ring (bicyclic) bond motifs is 1. The molecule has 3 saturated heterocycles. The van der Waals surface area contributed by atoms with E-state index in [2.05, 4.69) is 31.9 Å². The molecule has 3 fully saturated rings. The smallest absolute Gasteiger partial charge is 0.253 e. The van der Waals surface area contributed by atoms with Crippen LogP contribution < -0.4 is 14.7 Å². The zero-order chi connectivity index (χ0) is 35.4. The SMILES string of the molecule is C=CCN(C(=O)C1N([C@@H](CO)Cc2ccccc2)C(=O)[C@@H]2[C@H](C(=O)N(CC=C)c3ccccc3)[C@@H]3CCC12O3)c1ccc(N(CC)CC)cc1. The van der Waals surface area contributed by atoms with Gasteiger partial charge in [-0.3, -0.25) is 14.4 Å². The molecule has 262 valence electrons. The van der Waals surface area contributed by atoms with Gasteiger partial charge in [-0.15, -0.1) is 13.2 Å². The molecule has 50 heavy (non-hydrogen) atoms. The van der Waals surface area contributed by atoms with E-state index in [9.17, 15) is 14.7 Å². The fourth-order valence-electron chi connectivity index (χ4n) is 8.45. The summed E-state index contributed by atoms with van der Waals surface area (Å²) in [4.78, 5) is 51.8. The second kappa shape index (κ2) is 15.0. The number of hydrogen-bond donors (Lipinski definition) is 1. The van der Waals surface area contributed by atoms with Crippen LogP contribution in [0.3, 0.4) is 0 Å². The number of rotatable bonds is 15. The molecule has 1 N–H and O–H groups in total. The van der Waals surface area contributed by atoms with Crippen molar-refractivity contribution in [1.29, 1.82) is 0 Å². The van der Waals surface area contributed by atoms with E-state index in [-0.39, 0.29) is 37.4 Å². The first kappa shape index (κ1) is 35.1. The Bertz CT molecular complexity index is 1680. The maximum Gasteiger partial charge on any atom is 0.253 e. The largest absolute Gasteiger partial charge is 0.394 e. The van der Waals surface area contributed by atoms with Gasteiger partial charge in [0.1, 0.15) is 11.6 Å². The summed E-state index contributed by atoms with van der Waals surface area (Å²) < 4.78 is 6.81. The molecule has 3 heterocycles. The fourth-order valence-corrected chi connectivity index (χ4v) is 8.45. The van der Waals surface area contributed by atoms with Crippen LogP contribution in [0, 0.1) is 11.8 Å². The van der Waals surface area contributed by atoms with Crippen LogP contribution in [-0.2, 0) is 25.5 Å².